The minimum Gasteiger partial charge on any atom is -0.211 e. The van der Waals surface area contributed by atoms with Crippen molar-refractivity contribution in [1.29, 1.82) is 0 Å². The van der Waals surface area contributed by atoms with E-state index >= 15 is 0 Å². The van der Waals surface area contributed by atoms with Crippen LogP contribution in [0.15, 0.2) is 29.2 Å². The van der Waals surface area contributed by atoms with Crippen LogP contribution in [0.25, 0.3) is 0 Å². The van der Waals surface area contributed by atoms with E-state index in [4.69, 9.17) is 0 Å². The molecule has 1 N–H and O–H groups in total. The maximum Gasteiger partial charge on any atom is 0.240 e. The molecule has 3 nitrogen and oxygen atoms in total. The number of hydrogen-bond acceptors (Lipinski definition) is 2. The lowest BCUT2D eigenvalue weighted by Gasteiger charge is -2.09. The van der Waals surface area contributed by atoms with E-state index in [-0.39, 0.29) is 0 Å². The van der Waals surface area contributed by atoms with Crippen LogP contribution in [0, 0.1) is 12.8 Å². The van der Waals surface area contributed by atoms with Gasteiger partial charge in [-0.05, 0) is 30.9 Å². The van der Waals surface area contributed by atoms with Gasteiger partial charge < -0.3 is 0 Å². The summed E-state index contributed by atoms with van der Waals surface area (Å²) < 4.78 is 26.7. The lowest BCUT2D eigenvalue weighted by Crippen LogP contribution is -2.25. The zero-order chi connectivity index (χ0) is 13.6. The van der Waals surface area contributed by atoms with Crippen molar-refractivity contribution in [3.8, 4) is 0 Å². The molecule has 0 radical (unpaired) electrons. The Bertz CT molecular complexity index is 466. The van der Waals surface area contributed by atoms with Gasteiger partial charge in [0.2, 0.25) is 10.0 Å². The van der Waals surface area contributed by atoms with Gasteiger partial charge in [-0.2, -0.15) is 0 Å². The van der Waals surface area contributed by atoms with Crippen molar-refractivity contribution in [3.63, 3.8) is 0 Å². The highest BCUT2D eigenvalue weighted by molar-refractivity contribution is 7.89. The predicted octanol–water partition coefficient (Wildman–Crippen LogP) is 3.10. The summed E-state index contributed by atoms with van der Waals surface area (Å²) in [5.74, 6) is 0.679. The van der Waals surface area contributed by atoms with Gasteiger partial charge in [-0.15, -0.1) is 0 Å². The monoisotopic (exact) mass is 269 g/mol. The minimum absolute atomic E-state index is 0.383. The van der Waals surface area contributed by atoms with E-state index in [2.05, 4.69) is 18.6 Å². The normalized spacial score (nSPS) is 12.0. The fourth-order valence-electron chi connectivity index (χ4n) is 1.82. The minimum atomic E-state index is -3.34. The SMILES string of the molecule is Cc1ccccc1S(=O)(=O)NCCCCC(C)C. The average molecular weight is 269 g/mol. The van der Waals surface area contributed by atoms with Gasteiger partial charge in [-0.25, -0.2) is 13.1 Å². The van der Waals surface area contributed by atoms with Gasteiger partial charge in [0.15, 0.2) is 0 Å². The van der Waals surface area contributed by atoms with E-state index < -0.39 is 10.0 Å². The Morgan fingerprint density at radius 2 is 1.83 bits per heavy atom. The Morgan fingerprint density at radius 1 is 1.17 bits per heavy atom. The van der Waals surface area contributed by atoms with Gasteiger partial charge in [-0.1, -0.05) is 44.9 Å². The maximum atomic E-state index is 12.0. The summed E-state index contributed by atoms with van der Waals surface area (Å²) in [5, 5.41) is 0. The summed E-state index contributed by atoms with van der Waals surface area (Å²) in [7, 11) is -3.34. The quantitative estimate of drug-likeness (QED) is 0.773. The molecule has 0 aromatic heterocycles. The molecule has 0 amide bonds. The number of hydrogen-bond donors (Lipinski definition) is 1. The van der Waals surface area contributed by atoms with Crippen molar-refractivity contribution in [1.82, 2.24) is 4.72 Å². The zero-order valence-electron chi connectivity index (χ0n) is 11.4. The molecule has 102 valence electrons. The third kappa shape index (κ3) is 4.78. The standard InChI is InChI=1S/C14H23NO2S/c1-12(2)8-6-7-11-15-18(16,17)14-10-5-4-9-13(14)3/h4-5,9-10,12,15H,6-8,11H2,1-3H3. The third-order valence-electron chi connectivity index (χ3n) is 2.88. The van der Waals surface area contributed by atoms with Gasteiger partial charge >= 0.3 is 0 Å². The Morgan fingerprint density at radius 3 is 2.44 bits per heavy atom. The van der Waals surface area contributed by atoms with Crippen molar-refractivity contribution in [2.45, 2.75) is 44.9 Å². The van der Waals surface area contributed by atoms with Gasteiger partial charge in [0.25, 0.3) is 0 Å². The van der Waals surface area contributed by atoms with Crippen LogP contribution in [0.5, 0.6) is 0 Å². The smallest absolute Gasteiger partial charge is 0.211 e. The number of unbranched alkanes of at least 4 members (excludes halogenated alkanes) is 1. The van der Waals surface area contributed by atoms with Crippen LogP contribution in [-0.4, -0.2) is 15.0 Å². The Hall–Kier alpha value is -0.870. The van der Waals surface area contributed by atoms with Crippen LogP contribution in [-0.2, 0) is 10.0 Å². The fraction of sp³-hybridized carbons (Fsp3) is 0.571. The second-order valence-electron chi connectivity index (χ2n) is 5.05. The highest BCUT2D eigenvalue weighted by Crippen LogP contribution is 2.14. The maximum absolute atomic E-state index is 12.0. The summed E-state index contributed by atoms with van der Waals surface area (Å²) in [6.07, 6.45) is 3.10. The molecule has 0 bridgehead atoms. The number of sulfonamides is 1. The van der Waals surface area contributed by atoms with E-state index in [9.17, 15) is 8.42 Å². The third-order valence-corrected chi connectivity index (χ3v) is 4.50. The summed E-state index contributed by atoms with van der Waals surface area (Å²) >= 11 is 0. The number of aryl methyl sites for hydroxylation is 1. The molecule has 1 aromatic rings. The molecule has 0 aliphatic rings. The van der Waals surface area contributed by atoms with Gasteiger partial charge in [0.1, 0.15) is 0 Å². The molecule has 0 spiro atoms. The molecule has 1 aromatic carbocycles. The van der Waals surface area contributed by atoms with Gasteiger partial charge in [0.05, 0.1) is 4.90 Å². The van der Waals surface area contributed by atoms with Crippen LogP contribution < -0.4 is 4.72 Å². The van der Waals surface area contributed by atoms with Crippen LogP contribution >= 0.6 is 0 Å². The predicted molar refractivity (Wildman–Crippen MR) is 75.1 cm³/mol. The van der Waals surface area contributed by atoms with Crippen LogP contribution in [0.3, 0.4) is 0 Å². The topological polar surface area (TPSA) is 46.2 Å². The summed E-state index contributed by atoms with van der Waals surface area (Å²) in [5.41, 5.74) is 0.784. The molecule has 1 rings (SSSR count). The molecular formula is C14H23NO2S. The lowest BCUT2D eigenvalue weighted by molar-refractivity contribution is 0.530. The molecule has 0 atom stereocenters. The van der Waals surface area contributed by atoms with Crippen LogP contribution in [0.2, 0.25) is 0 Å². The van der Waals surface area contributed by atoms with Gasteiger partial charge in [-0.3, -0.25) is 0 Å². The number of benzene rings is 1. The largest absolute Gasteiger partial charge is 0.240 e. The first kappa shape index (κ1) is 15.2. The van der Waals surface area contributed by atoms with E-state index in [1.165, 1.54) is 0 Å². The highest BCUT2D eigenvalue weighted by Gasteiger charge is 2.14. The summed E-state index contributed by atoms with van der Waals surface area (Å²) in [6.45, 7) is 6.69. The number of rotatable bonds is 7. The Kier molecular flexibility index (Phi) is 5.82. The lowest BCUT2D eigenvalue weighted by atomic mass is 10.1. The number of nitrogens with one attached hydrogen (secondary N) is 1. The van der Waals surface area contributed by atoms with Gasteiger partial charge in [0, 0.05) is 6.54 Å². The Balaban J connectivity index is 2.49. The van der Waals surface area contributed by atoms with Crippen molar-refractivity contribution in [2.24, 2.45) is 5.92 Å². The Labute approximate surface area is 111 Å². The zero-order valence-corrected chi connectivity index (χ0v) is 12.3. The summed E-state index contributed by atoms with van der Waals surface area (Å²) in [4.78, 5) is 0.383. The molecule has 0 aliphatic carbocycles. The van der Waals surface area contributed by atoms with E-state index in [0.29, 0.717) is 17.4 Å². The van der Waals surface area contributed by atoms with E-state index in [1.54, 1.807) is 12.1 Å². The van der Waals surface area contributed by atoms with Crippen molar-refractivity contribution in [3.05, 3.63) is 29.8 Å². The molecule has 4 heteroatoms. The summed E-state index contributed by atoms with van der Waals surface area (Å²) in [6, 6.07) is 7.05. The van der Waals surface area contributed by atoms with Crippen LogP contribution in [0.1, 0.15) is 38.7 Å². The molecule has 18 heavy (non-hydrogen) atoms. The van der Waals surface area contributed by atoms with Crippen molar-refractivity contribution < 1.29 is 8.42 Å². The van der Waals surface area contributed by atoms with Crippen LogP contribution in [0.4, 0.5) is 0 Å². The molecule has 0 heterocycles. The first-order chi connectivity index (χ1) is 8.43. The first-order valence-electron chi connectivity index (χ1n) is 6.49. The fourth-order valence-corrected chi connectivity index (χ4v) is 3.14. The second-order valence-corrected chi connectivity index (χ2v) is 6.79. The second kappa shape index (κ2) is 6.90. The van der Waals surface area contributed by atoms with E-state index in [1.807, 2.05) is 19.1 Å². The molecular weight excluding hydrogens is 246 g/mol. The van der Waals surface area contributed by atoms with Crippen molar-refractivity contribution in [2.75, 3.05) is 6.54 Å². The van der Waals surface area contributed by atoms with E-state index in [0.717, 1.165) is 24.8 Å². The first-order valence-corrected chi connectivity index (χ1v) is 7.97. The molecule has 0 fully saturated rings. The van der Waals surface area contributed by atoms with Crippen molar-refractivity contribution >= 4 is 10.0 Å². The molecule has 0 unspecified atom stereocenters. The highest BCUT2D eigenvalue weighted by atomic mass is 32.2. The molecule has 0 saturated heterocycles. The molecule has 0 aliphatic heterocycles. The average Bonchev–Trinajstić information content (AvgIpc) is 2.28. The molecule has 0 saturated carbocycles.